The quantitative estimate of drug-likeness (QED) is 0.906. The molecule has 1 saturated heterocycles. The molecule has 1 aliphatic rings. The van der Waals surface area contributed by atoms with Crippen LogP contribution in [0.15, 0.2) is 23.1 Å². The van der Waals surface area contributed by atoms with E-state index in [9.17, 15) is 8.42 Å². The van der Waals surface area contributed by atoms with Crippen molar-refractivity contribution < 1.29 is 8.42 Å². The van der Waals surface area contributed by atoms with Gasteiger partial charge in [-0.05, 0) is 51.1 Å². The van der Waals surface area contributed by atoms with Gasteiger partial charge in [0.25, 0.3) is 0 Å². The number of rotatable bonds is 4. The average molecular weight is 311 g/mol. The molecule has 1 fully saturated rings. The van der Waals surface area contributed by atoms with Gasteiger partial charge in [-0.3, -0.25) is 0 Å². The van der Waals surface area contributed by atoms with Crippen LogP contribution in [0.2, 0.25) is 0 Å². The fourth-order valence-electron chi connectivity index (χ4n) is 2.79. The van der Waals surface area contributed by atoms with Crippen LogP contribution in [0.4, 0.5) is 0 Å². The maximum atomic E-state index is 12.8. The third-order valence-corrected chi connectivity index (χ3v) is 6.30. The number of sulfonamides is 1. The predicted molar refractivity (Wildman–Crippen MR) is 84.5 cm³/mol. The first-order valence-corrected chi connectivity index (χ1v) is 8.76. The third kappa shape index (κ3) is 3.45. The Morgan fingerprint density at radius 2 is 1.90 bits per heavy atom. The second-order valence-electron chi connectivity index (χ2n) is 5.90. The monoisotopic (exact) mass is 311 g/mol. The van der Waals surface area contributed by atoms with Gasteiger partial charge in [-0.1, -0.05) is 12.1 Å². The van der Waals surface area contributed by atoms with E-state index in [1.165, 1.54) is 0 Å². The molecule has 0 aromatic heterocycles. The molecule has 2 rings (SSSR count). The Kier molecular flexibility index (Phi) is 5.03. The van der Waals surface area contributed by atoms with E-state index in [0.29, 0.717) is 30.6 Å². The van der Waals surface area contributed by atoms with Crippen molar-refractivity contribution in [3.8, 4) is 0 Å². The van der Waals surface area contributed by atoms with E-state index in [0.717, 1.165) is 24.0 Å². The summed E-state index contributed by atoms with van der Waals surface area (Å²) in [4.78, 5) is 2.57. The summed E-state index contributed by atoms with van der Waals surface area (Å²) in [5.41, 5.74) is 7.26. The first-order chi connectivity index (χ1) is 9.86. The van der Waals surface area contributed by atoms with E-state index in [1.807, 2.05) is 33.2 Å². The summed E-state index contributed by atoms with van der Waals surface area (Å²) >= 11 is 0. The number of hydrogen-bond donors (Lipinski definition) is 1. The summed E-state index contributed by atoms with van der Waals surface area (Å²) in [7, 11) is 0.675. The highest BCUT2D eigenvalue weighted by molar-refractivity contribution is 7.89. The van der Waals surface area contributed by atoms with Gasteiger partial charge in [-0.2, -0.15) is 4.31 Å². The van der Waals surface area contributed by atoms with Crippen molar-refractivity contribution in [1.29, 1.82) is 0 Å². The van der Waals surface area contributed by atoms with E-state index in [4.69, 9.17) is 5.73 Å². The summed E-state index contributed by atoms with van der Waals surface area (Å²) in [5, 5.41) is 0. The zero-order valence-corrected chi connectivity index (χ0v) is 13.9. The molecule has 0 spiro atoms. The molecule has 0 unspecified atom stereocenters. The molecule has 0 aliphatic carbocycles. The minimum Gasteiger partial charge on any atom is -0.326 e. The number of aryl methyl sites for hydroxylation is 1. The molecule has 1 heterocycles. The lowest BCUT2D eigenvalue weighted by Crippen LogP contribution is -2.44. The summed E-state index contributed by atoms with van der Waals surface area (Å²) in [6.45, 7) is 3.35. The topological polar surface area (TPSA) is 66.6 Å². The van der Waals surface area contributed by atoms with Gasteiger partial charge in [0.15, 0.2) is 0 Å². The largest absolute Gasteiger partial charge is 0.326 e. The van der Waals surface area contributed by atoms with Crippen molar-refractivity contribution in [1.82, 2.24) is 9.21 Å². The van der Waals surface area contributed by atoms with Crippen LogP contribution in [0.1, 0.15) is 24.0 Å². The normalized spacial score (nSPS) is 18.3. The zero-order valence-electron chi connectivity index (χ0n) is 13.0. The maximum Gasteiger partial charge on any atom is 0.243 e. The highest BCUT2D eigenvalue weighted by atomic mass is 32.2. The van der Waals surface area contributed by atoms with Crippen LogP contribution in [-0.2, 0) is 16.6 Å². The molecule has 6 heteroatoms. The van der Waals surface area contributed by atoms with Crippen molar-refractivity contribution in [2.45, 2.75) is 37.2 Å². The molecule has 118 valence electrons. The van der Waals surface area contributed by atoms with Gasteiger partial charge >= 0.3 is 0 Å². The van der Waals surface area contributed by atoms with Gasteiger partial charge in [0.2, 0.25) is 10.0 Å². The standard InChI is InChI=1S/C15H25N3O2S/c1-12-4-5-13(11-16)10-15(12)21(19,20)18-8-6-14(7-9-18)17(2)3/h4-5,10,14H,6-9,11,16H2,1-3H3. The Hall–Kier alpha value is -0.950. The Labute approximate surface area is 127 Å². The minimum atomic E-state index is -3.42. The van der Waals surface area contributed by atoms with E-state index < -0.39 is 10.0 Å². The lowest BCUT2D eigenvalue weighted by Gasteiger charge is -2.34. The van der Waals surface area contributed by atoms with Crippen LogP contribution >= 0.6 is 0 Å². The van der Waals surface area contributed by atoms with Crippen LogP contribution < -0.4 is 5.73 Å². The molecule has 0 amide bonds. The first-order valence-electron chi connectivity index (χ1n) is 7.32. The van der Waals surface area contributed by atoms with E-state index in [1.54, 1.807) is 10.4 Å². The van der Waals surface area contributed by atoms with Crippen LogP contribution in [0.5, 0.6) is 0 Å². The number of benzene rings is 1. The Morgan fingerprint density at radius 1 is 1.29 bits per heavy atom. The van der Waals surface area contributed by atoms with Gasteiger partial charge in [-0.25, -0.2) is 8.42 Å². The molecule has 2 N–H and O–H groups in total. The van der Waals surface area contributed by atoms with Gasteiger partial charge in [0.1, 0.15) is 0 Å². The summed E-state index contributed by atoms with van der Waals surface area (Å²) in [5.74, 6) is 0. The second-order valence-corrected chi connectivity index (χ2v) is 7.81. The maximum absolute atomic E-state index is 12.8. The lowest BCUT2D eigenvalue weighted by molar-refractivity contribution is 0.196. The molecular formula is C15H25N3O2S. The molecular weight excluding hydrogens is 286 g/mol. The van der Waals surface area contributed by atoms with Crippen LogP contribution in [0.3, 0.4) is 0 Å². The van der Waals surface area contributed by atoms with Gasteiger partial charge in [0.05, 0.1) is 4.90 Å². The Balaban J connectivity index is 2.23. The molecule has 0 saturated carbocycles. The fraction of sp³-hybridized carbons (Fsp3) is 0.600. The van der Waals surface area contributed by atoms with Crippen LogP contribution in [0.25, 0.3) is 0 Å². The average Bonchev–Trinajstić information content (AvgIpc) is 2.47. The highest BCUT2D eigenvalue weighted by Gasteiger charge is 2.31. The Morgan fingerprint density at radius 3 is 2.43 bits per heavy atom. The molecule has 21 heavy (non-hydrogen) atoms. The van der Waals surface area contributed by atoms with Crippen molar-refractivity contribution in [3.63, 3.8) is 0 Å². The lowest BCUT2D eigenvalue weighted by atomic mass is 10.1. The molecule has 0 radical (unpaired) electrons. The fourth-order valence-corrected chi connectivity index (χ4v) is 4.53. The SMILES string of the molecule is Cc1ccc(CN)cc1S(=O)(=O)N1CCC(N(C)C)CC1. The van der Waals surface area contributed by atoms with Crippen LogP contribution in [0, 0.1) is 6.92 Å². The van der Waals surface area contributed by atoms with E-state index in [-0.39, 0.29) is 0 Å². The zero-order chi connectivity index (χ0) is 15.6. The second kappa shape index (κ2) is 6.44. The number of nitrogens with zero attached hydrogens (tertiary/aromatic N) is 2. The summed E-state index contributed by atoms with van der Waals surface area (Å²) in [6.07, 6.45) is 1.75. The summed E-state index contributed by atoms with van der Waals surface area (Å²) < 4.78 is 27.3. The number of nitrogens with two attached hydrogens (primary N) is 1. The van der Waals surface area contributed by atoms with Crippen molar-refractivity contribution in [3.05, 3.63) is 29.3 Å². The third-order valence-electron chi connectivity index (χ3n) is 4.26. The molecule has 0 bridgehead atoms. The predicted octanol–water partition coefficient (Wildman–Crippen LogP) is 1.17. The smallest absolute Gasteiger partial charge is 0.243 e. The first kappa shape index (κ1) is 16.4. The highest BCUT2D eigenvalue weighted by Crippen LogP contribution is 2.25. The molecule has 1 aromatic carbocycles. The summed E-state index contributed by atoms with van der Waals surface area (Å²) in [6, 6.07) is 5.89. The minimum absolute atomic E-state index is 0.353. The number of piperidine rings is 1. The van der Waals surface area contributed by atoms with Crippen molar-refractivity contribution >= 4 is 10.0 Å². The van der Waals surface area contributed by atoms with Crippen LogP contribution in [-0.4, -0.2) is 50.8 Å². The van der Waals surface area contributed by atoms with Crippen molar-refractivity contribution in [2.75, 3.05) is 27.2 Å². The molecule has 5 nitrogen and oxygen atoms in total. The van der Waals surface area contributed by atoms with Crippen molar-refractivity contribution in [2.24, 2.45) is 5.73 Å². The number of hydrogen-bond acceptors (Lipinski definition) is 4. The van der Waals surface area contributed by atoms with E-state index in [2.05, 4.69) is 4.90 Å². The van der Waals surface area contributed by atoms with E-state index >= 15 is 0 Å². The van der Waals surface area contributed by atoms with Gasteiger partial charge in [-0.15, -0.1) is 0 Å². The van der Waals surface area contributed by atoms with Gasteiger partial charge < -0.3 is 10.6 Å². The van der Waals surface area contributed by atoms with Gasteiger partial charge in [0, 0.05) is 25.7 Å². The molecule has 1 aliphatic heterocycles. The Bertz CT molecular complexity index is 591. The molecule has 1 aromatic rings. The molecule has 0 atom stereocenters.